The number of aromatic nitrogens is 2. The van der Waals surface area contributed by atoms with Gasteiger partial charge in [-0.3, -0.25) is 4.72 Å². The molecule has 0 aliphatic carbocycles. The van der Waals surface area contributed by atoms with Gasteiger partial charge in [0.25, 0.3) is 0 Å². The topological polar surface area (TPSA) is 84.0 Å². The summed E-state index contributed by atoms with van der Waals surface area (Å²) < 4.78 is 26.2. The largest absolute Gasteiger partial charge is 0.314 e. The van der Waals surface area contributed by atoms with E-state index in [2.05, 4.69) is 34.1 Å². The molecule has 1 rings (SSSR count). The predicted octanol–water partition coefficient (Wildman–Crippen LogP) is 1.87. The third kappa shape index (κ3) is 7.16. The Morgan fingerprint density at radius 3 is 2.50 bits per heavy atom. The van der Waals surface area contributed by atoms with Crippen LogP contribution < -0.4 is 10.0 Å². The van der Waals surface area contributed by atoms with Gasteiger partial charge in [0, 0.05) is 12.5 Å². The van der Waals surface area contributed by atoms with Crippen LogP contribution in [0.15, 0.2) is 0 Å². The van der Waals surface area contributed by atoms with Crippen LogP contribution in [0.4, 0.5) is 5.13 Å². The smallest absolute Gasteiger partial charge is 0.234 e. The monoisotopic (exact) mass is 320 g/mol. The molecule has 0 atom stereocenters. The molecule has 0 aromatic carbocycles. The minimum Gasteiger partial charge on any atom is -0.314 e. The van der Waals surface area contributed by atoms with Crippen molar-refractivity contribution in [3.05, 3.63) is 5.01 Å². The molecular weight excluding hydrogens is 296 g/mol. The summed E-state index contributed by atoms with van der Waals surface area (Å²) in [4.78, 5) is 0. The fraction of sp³-hybridized carbons (Fsp3) is 0.833. The van der Waals surface area contributed by atoms with Gasteiger partial charge in [0.2, 0.25) is 15.2 Å². The van der Waals surface area contributed by atoms with E-state index in [-0.39, 0.29) is 5.75 Å². The second-order valence-electron chi connectivity index (χ2n) is 5.48. The summed E-state index contributed by atoms with van der Waals surface area (Å²) in [5, 5.41) is 12.3. The van der Waals surface area contributed by atoms with Gasteiger partial charge in [0.05, 0.1) is 5.75 Å². The minimum absolute atomic E-state index is 0.0891. The first-order chi connectivity index (χ1) is 9.28. The molecule has 6 nitrogen and oxygen atoms in total. The normalized spacial score (nSPS) is 12.3. The van der Waals surface area contributed by atoms with Gasteiger partial charge in [-0.1, -0.05) is 39.0 Å². The second-order valence-corrected chi connectivity index (χ2v) is 8.39. The van der Waals surface area contributed by atoms with Crippen molar-refractivity contribution in [2.45, 2.75) is 46.6 Å². The van der Waals surface area contributed by atoms with Gasteiger partial charge in [-0.2, -0.15) is 0 Å². The minimum atomic E-state index is -3.33. The first kappa shape index (κ1) is 17.3. The Balaban J connectivity index is 2.43. The van der Waals surface area contributed by atoms with Crippen molar-refractivity contribution in [3.63, 3.8) is 0 Å². The van der Waals surface area contributed by atoms with Crippen LogP contribution in [0.2, 0.25) is 0 Å². The van der Waals surface area contributed by atoms with Crippen molar-refractivity contribution in [1.82, 2.24) is 15.5 Å². The van der Waals surface area contributed by atoms with Crippen molar-refractivity contribution in [2.24, 2.45) is 5.92 Å². The fourth-order valence-corrected chi connectivity index (χ4v) is 3.85. The Labute approximate surface area is 125 Å². The van der Waals surface area contributed by atoms with Crippen molar-refractivity contribution >= 4 is 26.5 Å². The number of sulfonamides is 1. The van der Waals surface area contributed by atoms with Crippen molar-refractivity contribution in [2.75, 3.05) is 17.0 Å². The van der Waals surface area contributed by atoms with Crippen LogP contribution >= 0.6 is 11.3 Å². The first-order valence-electron chi connectivity index (χ1n) is 6.85. The maximum Gasteiger partial charge on any atom is 0.234 e. The summed E-state index contributed by atoms with van der Waals surface area (Å²) in [6, 6.07) is 0.368. The molecule has 116 valence electrons. The molecule has 20 heavy (non-hydrogen) atoms. The highest BCUT2D eigenvalue weighted by molar-refractivity contribution is 7.92. The average molecular weight is 320 g/mol. The van der Waals surface area contributed by atoms with Crippen LogP contribution in [-0.2, 0) is 16.4 Å². The fourth-order valence-electron chi connectivity index (χ4n) is 1.56. The third-order valence-electron chi connectivity index (χ3n) is 2.43. The molecule has 0 saturated heterocycles. The van der Waals surface area contributed by atoms with E-state index in [1.165, 1.54) is 11.3 Å². The van der Waals surface area contributed by atoms with E-state index in [1.807, 2.05) is 13.8 Å². The van der Waals surface area contributed by atoms with E-state index in [0.717, 1.165) is 11.4 Å². The van der Waals surface area contributed by atoms with E-state index in [1.54, 1.807) is 0 Å². The highest BCUT2D eigenvalue weighted by Crippen LogP contribution is 2.19. The van der Waals surface area contributed by atoms with Crippen molar-refractivity contribution in [3.8, 4) is 0 Å². The van der Waals surface area contributed by atoms with E-state index in [4.69, 9.17) is 0 Å². The zero-order chi connectivity index (χ0) is 15.2. The lowest BCUT2D eigenvalue weighted by Crippen LogP contribution is -2.26. The Kier molecular flexibility index (Phi) is 6.84. The van der Waals surface area contributed by atoms with Crippen LogP contribution in [0, 0.1) is 5.92 Å². The lowest BCUT2D eigenvalue weighted by Gasteiger charge is -2.08. The van der Waals surface area contributed by atoms with Crippen molar-refractivity contribution in [1.29, 1.82) is 0 Å². The maximum atomic E-state index is 11.9. The molecule has 2 N–H and O–H groups in total. The number of nitrogens with zero attached hydrogens (tertiary/aromatic N) is 2. The van der Waals surface area contributed by atoms with Crippen LogP contribution in [-0.4, -0.2) is 37.0 Å². The highest BCUT2D eigenvalue weighted by Gasteiger charge is 2.14. The summed E-state index contributed by atoms with van der Waals surface area (Å²) in [7, 11) is -3.33. The van der Waals surface area contributed by atoms with E-state index >= 15 is 0 Å². The second kappa shape index (κ2) is 7.90. The summed E-state index contributed by atoms with van der Waals surface area (Å²) >= 11 is 1.30. The van der Waals surface area contributed by atoms with Crippen LogP contribution in [0.25, 0.3) is 0 Å². The van der Waals surface area contributed by atoms with Crippen LogP contribution in [0.3, 0.4) is 0 Å². The first-order valence-corrected chi connectivity index (χ1v) is 9.31. The molecule has 0 spiro atoms. The molecule has 0 amide bonds. The quantitative estimate of drug-likeness (QED) is 0.679. The molecule has 0 fully saturated rings. The average Bonchev–Trinajstić information content (AvgIpc) is 2.70. The van der Waals surface area contributed by atoms with Crippen molar-refractivity contribution < 1.29 is 8.42 Å². The number of anilines is 1. The molecule has 1 aromatic rings. The van der Waals surface area contributed by atoms with Gasteiger partial charge in [-0.15, -0.1) is 10.2 Å². The number of rotatable bonds is 9. The molecule has 8 heteroatoms. The summed E-state index contributed by atoms with van der Waals surface area (Å²) in [6.07, 6.45) is 1.39. The number of hydrogen-bond donors (Lipinski definition) is 2. The Bertz CT molecular complexity index is 497. The van der Waals surface area contributed by atoms with Gasteiger partial charge in [0.1, 0.15) is 5.01 Å². The zero-order valence-corrected chi connectivity index (χ0v) is 14.1. The maximum absolute atomic E-state index is 11.9. The molecule has 0 saturated carbocycles. The molecule has 0 unspecified atom stereocenters. The lowest BCUT2D eigenvalue weighted by molar-refractivity contribution is 0.571. The lowest BCUT2D eigenvalue weighted by atomic mass is 10.1. The standard InChI is InChI=1S/C12H24N4O2S2/c1-9(2)8-11-14-15-12(19-11)16-20(17,18)7-5-6-13-10(3)4/h9-10,13H,5-8H2,1-4H3,(H,15,16). The molecular formula is C12H24N4O2S2. The third-order valence-corrected chi connectivity index (χ3v) is 4.76. The van der Waals surface area contributed by atoms with Gasteiger partial charge >= 0.3 is 0 Å². The Morgan fingerprint density at radius 1 is 1.20 bits per heavy atom. The Hall–Kier alpha value is -0.730. The van der Waals surface area contributed by atoms with E-state index in [0.29, 0.717) is 30.1 Å². The molecule has 0 bridgehead atoms. The van der Waals surface area contributed by atoms with Gasteiger partial charge in [-0.25, -0.2) is 8.42 Å². The number of nitrogens with one attached hydrogen (secondary N) is 2. The highest BCUT2D eigenvalue weighted by atomic mass is 32.2. The molecule has 0 aliphatic rings. The molecule has 0 aliphatic heterocycles. The summed E-state index contributed by atoms with van der Waals surface area (Å²) in [6.45, 7) is 8.93. The zero-order valence-electron chi connectivity index (χ0n) is 12.5. The Morgan fingerprint density at radius 2 is 1.90 bits per heavy atom. The van der Waals surface area contributed by atoms with Crippen LogP contribution in [0.1, 0.15) is 39.1 Å². The molecule has 1 aromatic heterocycles. The number of hydrogen-bond acceptors (Lipinski definition) is 6. The predicted molar refractivity (Wildman–Crippen MR) is 83.6 cm³/mol. The molecule has 1 heterocycles. The van der Waals surface area contributed by atoms with Gasteiger partial charge in [-0.05, 0) is 18.9 Å². The van der Waals surface area contributed by atoms with Crippen LogP contribution in [0.5, 0.6) is 0 Å². The molecule has 0 radical (unpaired) electrons. The van der Waals surface area contributed by atoms with Gasteiger partial charge in [0.15, 0.2) is 0 Å². The summed E-state index contributed by atoms with van der Waals surface area (Å²) in [5.74, 6) is 0.570. The summed E-state index contributed by atoms with van der Waals surface area (Å²) in [5.41, 5.74) is 0. The van der Waals surface area contributed by atoms with E-state index < -0.39 is 10.0 Å². The van der Waals surface area contributed by atoms with E-state index in [9.17, 15) is 8.42 Å². The SMILES string of the molecule is CC(C)Cc1nnc(NS(=O)(=O)CCCNC(C)C)s1. The van der Waals surface area contributed by atoms with Gasteiger partial charge < -0.3 is 5.32 Å².